The van der Waals surface area contributed by atoms with Crippen LogP contribution in [0.3, 0.4) is 0 Å². The summed E-state index contributed by atoms with van der Waals surface area (Å²) in [7, 11) is 0. The molecule has 2 N–H and O–H groups in total. The Labute approximate surface area is 111 Å². The highest BCUT2D eigenvalue weighted by molar-refractivity contribution is 6.30. The van der Waals surface area contributed by atoms with E-state index in [0.717, 1.165) is 0 Å². The lowest BCUT2D eigenvalue weighted by Crippen LogP contribution is -2.45. The molecule has 1 amide bonds. The van der Waals surface area contributed by atoms with Gasteiger partial charge in [-0.25, -0.2) is 4.79 Å². The zero-order valence-electron chi connectivity index (χ0n) is 10.3. The van der Waals surface area contributed by atoms with Crippen LogP contribution in [0.15, 0.2) is 24.3 Å². The molecule has 0 saturated carbocycles. The molecule has 18 heavy (non-hydrogen) atoms. The molecule has 98 valence electrons. The molecule has 0 spiro atoms. The van der Waals surface area contributed by atoms with Gasteiger partial charge in [0, 0.05) is 10.6 Å². The van der Waals surface area contributed by atoms with E-state index in [4.69, 9.17) is 16.7 Å². The number of halogens is 1. The van der Waals surface area contributed by atoms with Crippen LogP contribution >= 0.6 is 11.6 Å². The Morgan fingerprint density at radius 2 is 1.89 bits per heavy atom. The van der Waals surface area contributed by atoms with Gasteiger partial charge >= 0.3 is 5.97 Å². The van der Waals surface area contributed by atoms with Crippen LogP contribution in [0.5, 0.6) is 0 Å². The van der Waals surface area contributed by atoms with E-state index in [1.807, 2.05) is 6.92 Å². The number of carboxylic acid groups (broad SMARTS) is 1. The maximum absolute atomic E-state index is 11.9. The number of carbonyl (C=O) groups is 2. The lowest BCUT2D eigenvalue weighted by Gasteiger charge is -2.20. The number of hydrogen-bond acceptors (Lipinski definition) is 2. The molecular formula is C13H16ClNO3. The van der Waals surface area contributed by atoms with Gasteiger partial charge in [-0.05, 0) is 30.2 Å². The maximum atomic E-state index is 11.9. The molecule has 0 fully saturated rings. The quantitative estimate of drug-likeness (QED) is 0.863. The predicted octanol–water partition coefficient (Wildman–Crippen LogP) is 2.57. The molecule has 0 unspecified atom stereocenters. The van der Waals surface area contributed by atoms with Crippen LogP contribution in [0, 0.1) is 5.92 Å². The van der Waals surface area contributed by atoms with Crippen LogP contribution in [0.2, 0.25) is 5.02 Å². The number of rotatable bonds is 5. The summed E-state index contributed by atoms with van der Waals surface area (Å²) >= 11 is 5.72. The minimum Gasteiger partial charge on any atom is -0.480 e. The van der Waals surface area contributed by atoms with E-state index in [9.17, 15) is 9.59 Å². The normalized spacial score (nSPS) is 13.7. The molecule has 0 aromatic heterocycles. The predicted molar refractivity (Wildman–Crippen MR) is 69.8 cm³/mol. The minimum absolute atomic E-state index is 0.126. The molecule has 1 rings (SSSR count). The Bertz CT molecular complexity index is 430. The first-order chi connectivity index (χ1) is 8.45. The van der Waals surface area contributed by atoms with Gasteiger partial charge in [0.1, 0.15) is 6.04 Å². The van der Waals surface area contributed by atoms with Gasteiger partial charge in [0.25, 0.3) is 5.91 Å². The fourth-order valence-corrected chi connectivity index (χ4v) is 1.63. The highest BCUT2D eigenvalue weighted by atomic mass is 35.5. The fraction of sp³-hybridized carbons (Fsp3) is 0.385. The van der Waals surface area contributed by atoms with Crippen LogP contribution in [0.4, 0.5) is 0 Å². The van der Waals surface area contributed by atoms with Crippen molar-refractivity contribution >= 4 is 23.5 Å². The Balaban J connectivity index is 2.78. The molecule has 4 nitrogen and oxygen atoms in total. The third-order valence-corrected chi connectivity index (χ3v) is 3.12. The molecule has 0 bridgehead atoms. The Morgan fingerprint density at radius 1 is 1.33 bits per heavy atom. The number of hydrogen-bond donors (Lipinski definition) is 2. The molecule has 0 aliphatic carbocycles. The lowest BCUT2D eigenvalue weighted by atomic mass is 9.99. The molecule has 0 heterocycles. The molecule has 0 saturated heterocycles. The van der Waals surface area contributed by atoms with Crippen molar-refractivity contribution in [1.29, 1.82) is 0 Å². The van der Waals surface area contributed by atoms with Crippen molar-refractivity contribution in [3.05, 3.63) is 34.9 Å². The molecular weight excluding hydrogens is 254 g/mol. The highest BCUT2D eigenvalue weighted by Gasteiger charge is 2.25. The Kier molecular flexibility index (Phi) is 5.16. The lowest BCUT2D eigenvalue weighted by molar-refractivity contribution is -0.140. The van der Waals surface area contributed by atoms with E-state index in [0.29, 0.717) is 17.0 Å². The van der Waals surface area contributed by atoms with E-state index in [1.165, 1.54) is 0 Å². The van der Waals surface area contributed by atoms with E-state index in [-0.39, 0.29) is 5.92 Å². The van der Waals surface area contributed by atoms with Gasteiger partial charge in [0.15, 0.2) is 0 Å². The zero-order chi connectivity index (χ0) is 13.7. The summed E-state index contributed by atoms with van der Waals surface area (Å²) in [5, 5.41) is 12.1. The second-order valence-corrected chi connectivity index (χ2v) is 4.62. The number of nitrogens with one attached hydrogen (secondary N) is 1. The average Bonchev–Trinajstić information content (AvgIpc) is 2.35. The molecule has 0 radical (unpaired) electrons. The summed E-state index contributed by atoms with van der Waals surface area (Å²) in [5.41, 5.74) is 0.397. The van der Waals surface area contributed by atoms with Crippen molar-refractivity contribution < 1.29 is 14.7 Å². The van der Waals surface area contributed by atoms with Gasteiger partial charge in [0.2, 0.25) is 0 Å². The third-order valence-electron chi connectivity index (χ3n) is 2.87. The SMILES string of the molecule is CC[C@@H](C)[C@H](NC(=O)c1ccc(Cl)cc1)C(=O)O. The van der Waals surface area contributed by atoms with Crippen molar-refractivity contribution in [1.82, 2.24) is 5.32 Å². The molecule has 2 atom stereocenters. The molecule has 1 aromatic carbocycles. The number of benzene rings is 1. The van der Waals surface area contributed by atoms with Crippen LogP contribution in [0.1, 0.15) is 30.6 Å². The van der Waals surface area contributed by atoms with Crippen LogP contribution in [-0.4, -0.2) is 23.0 Å². The van der Waals surface area contributed by atoms with Crippen LogP contribution in [0.25, 0.3) is 0 Å². The minimum atomic E-state index is -1.02. The first-order valence-corrected chi connectivity index (χ1v) is 6.12. The van der Waals surface area contributed by atoms with Crippen molar-refractivity contribution in [2.75, 3.05) is 0 Å². The van der Waals surface area contributed by atoms with Crippen molar-refractivity contribution in [3.63, 3.8) is 0 Å². The molecule has 0 aliphatic rings. The smallest absolute Gasteiger partial charge is 0.326 e. The number of carbonyl (C=O) groups excluding carboxylic acids is 1. The van der Waals surface area contributed by atoms with Gasteiger partial charge < -0.3 is 10.4 Å². The van der Waals surface area contributed by atoms with E-state index < -0.39 is 17.9 Å². The monoisotopic (exact) mass is 269 g/mol. The largest absolute Gasteiger partial charge is 0.480 e. The van der Waals surface area contributed by atoms with E-state index >= 15 is 0 Å². The second-order valence-electron chi connectivity index (χ2n) is 4.18. The Morgan fingerprint density at radius 3 is 2.33 bits per heavy atom. The second kappa shape index (κ2) is 6.40. The zero-order valence-corrected chi connectivity index (χ0v) is 11.1. The summed E-state index contributed by atoms with van der Waals surface area (Å²) in [6.07, 6.45) is 0.678. The first kappa shape index (κ1) is 14.5. The van der Waals surface area contributed by atoms with Crippen molar-refractivity contribution in [2.24, 2.45) is 5.92 Å². The molecule has 1 aromatic rings. The number of aliphatic carboxylic acids is 1. The maximum Gasteiger partial charge on any atom is 0.326 e. The van der Waals surface area contributed by atoms with Crippen LogP contribution in [-0.2, 0) is 4.79 Å². The summed E-state index contributed by atoms with van der Waals surface area (Å²) in [6.45, 7) is 3.68. The topological polar surface area (TPSA) is 66.4 Å². The number of amides is 1. The van der Waals surface area contributed by atoms with Gasteiger partial charge in [0.05, 0.1) is 0 Å². The summed E-state index contributed by atoms with van der Waals surface area (Å²) in [4.78, 5) is 23.0. The van der Waals surface area contributed by atoms with Gasteiger partial charge in [-0.3, -0.25) is 4.79 Å². The molecule has 0 aliphatic heterocycles. The average molecular weight is 270 g/mol. The first-order valence-electron chi connectivity index (χ1n) is 5.75. The van der Waals surface area contributed by atoms with E-state index in [1.54, 1.807) is 31.2 Å². The summed E-state index contributed by atoms with van der Waals surface area (Å²) < 4.78 is 0. The number of carboxylic acids is 1. The van der Waals surface area contributed by atoms with Crippen LogP contribution < -0.4 is 5.32 Å². The Hall–Kier alpha value is -1.55. The summed E-state index contributed by atoms with van der Waals surface area (Å²) in [6, 6.07) is 5.43. The third kappa shape index (κ3) is 3.74. The van der Waals surface area contributed by atoms with Crippen molar-refractivity contribution in [3.8, 4) is 0 Å². The fourth-order valence-electron chi connectivity index (χ4n) is 1.51. The molecule has 5 heteroatoms. The van der Waals surface area contributed by atoms with Crippen molar-refractivity contribution in [2.45, 2.75) is 26.3 Å². The highest BCUT2D eigenvalue weighted by Crippen LogP contribution is 2.12. The van der Waals surface area contributed by atoms with Gasteiger partial charge in [-0.2, -0.15) is 0 Å². The van der Waals surface area contributed by atoms with E-state index in [2.05, 4.69) is 5.32 Å². The summed E-state index contributed by atoms with van der Waals surface area (Å²) in [5.74, 6) is -1.55. The standard InChI is InChI=1S/C13H16ClNO3/c1-3-8(2)11(13(17)18)15-12(16)9-4-6-10(14)7-5-9/h4-8,11H,3H2,1-2H3,(H,15,16)(H,17,18)/t8-,11+/m1/s1. The van der Waals surface area contributed by atoms with Gasteiger partial charge in [-0.1, -0.05) is 31.9 Å². The van der Waals surface area contributed by atoms with Gasteiger partial charge in [-0.15, -0.1) is 0 Å².